The summed E-state index contributed by atoms with van der Waals surface area (Å²) in [6, 6.07) is 3.15. The quantitative estimate of drug-likeness (QED) is 0.716. The number of alkyl halides is 1. The van der Waals surface area contributed by atoms with Crippen LogP contribution < -0.4 is 5.56 Å². The first-order chi connectivity index (χ1) is 9.95. The number of aromatic amines is 1. The van der Waals surface area contributed by atoms with Crippen molar-refractivity contribution >= 4 is 33.2 Å². The standard InChI is InChI=1S/C14H9ClF2N2OS/c1-6(15)12-18-13(20)11-10(5-21-14(11)19-12)7-2-8(16)4-9(17)3-7/h2-6H,1H3,(H,18,19,20). The third-order valence-electron chi connectivity index (χ3n) is 3.01. The van der Waals surface area contributed by atoms with Crippen LogP contribution in [0, 0.1) is 11.6 Å². The molecule has 0 saturated heterocycles. The van der Waals surface area contributed by atoms with Crippen molar-refractivity contribution in [1.82, 2.24) is 9.97 Å². The van der Waals surface area contributed by atoms with Crippen LogP contribution >= 0.6 is 22.9 Å². The summed E-state index contributed by atoms with van der Waals surface area (Å²) in [6.07, 6.45) is 0. The number of H-pyrrole nitrogens is 1. The fourth-order valence-corrected chi connectivity index (χ4v) is 3.13. The minimum atomic E-state index is -0.695. The van der Waals surface area contributed by atoms with Crippen LogP contribution in [0.15, 0.2) is 28.4 Å². The van der Waals surface area contributed by atoms with Gasteiger partial charge in [-0.2, -0.15) is 0 Å². The number of halogens is 3. The molecule has 0 amide bonds. The number of nitrogens with one attached hydrogen (secondary N) is 1. The fraction of sp³-hybridized carbons (Fsp3) is 0.143. The highest BCUT2D eigenvalue weighted by atomic mass is 35.5. The highest BCUT2D eigenvalue weighted by molar-refractivity contribution is 7.17. The number of benzene rings is 1. The van der Waals surface area contributed by atoms with Gasteiger partial charge in [0.05, 0.1) is 10.8 Å². The zero-order valence-electron chi connectivity index (χ0n) is 10.8. The molecule has 0 aliphatic carbocycles. The molecule has 0 aliphatic heterocycles. The molecule has 2 heterocycles. The Bertz CT molecular complexity index is 868. The summed E-state index contributed by atoms with van der Waals surface area (Å²) in [5.74, 6) is -1.02. The Morgan fingerprint density at radius 3 is 2.57 bits per heavy atom. The number of nitrogens with zero attached hydrogens (tertiary/aromatic N) is 1. The van der Waals surface area contributed by atoms with Gasteiger partial charge in [-0.3, -0.25) is 4.79 Å². The van der Waals surface area contributed by atoms with Gasteiger partial charge in [-0.25, -0.2) is 13.8 Å². The number of aromatic nitrogens is 2. The van der Waals surface area contributed by atoms with Crippen LogP contribution in [0.3, 0.4) is 0 Å². The molecule has 0 saturated carbocycles. The smallest absolute Gasteiger partial charge is 0.260 e. The molecule has 1 atom stereocenters. The Balaban J connectivity index is 2.27. The largest absolute Gasteiger partial charge is 0.309 e. The molecule has 0 bridgehead atoms. The zero-order valence-corrected chi connectivity index (χ0v) is 12.4. The van der Waals surface area contributed by atoms with Crippen molar-refractivity contribution in [3.05, 3.63) is 51.4 Å². The molecule has 1 unspecified atom stereocenters. The van der Waals surface area contributed by atoms with Crippen molar-refractivity contribution in [3.8, 4) is 11.1 Å². The maximum absolute atomic E-state index is 13.3. The summed E-state index contributed by atoms with van der Waals surface area (Å²) in [7, 11) is 0. The molecule has 0 radical (unpaired) electrons. The first-order valence-electron chi connectivity index (χ1n) is 6.07. The molecule has 7 heteroatoms. The molecule has 3 nitrogen and oxygen atoms in total. The van der Waals surface area contributed by atoms with E-state index in [1.807, 2.05) is 0 Å². The first kappa shape index (κ1) is 14.2. The van der Waals surface area contributed by atoms with Crippen molar-refractivity contribution in [2.45, 2.75) is 12.3 Å². The number of rotatable bonds is 2. The Morgan fingerprint density at radius 2 is 1.95 bits per heavy atom. The first-order valence-corrected chi connectivity index (χ1v) is 7.39. The number of hydrogen-bond acceptors (Lipinski definition) is 3. The summed E-state index contributed by atoms with van der Waals surface area (Å²) in [5.41, 5.74) is 0.386. The Kier molecular flexibility index (Phi) is 3.51. The maximum atomic E-state index is 13.3. The van der Waals surface area contributed by atoms with Gasteiger partial charge in [0.25, 0.3) is 5.56 Å². The molecule has 0 fully saturated rings. The van der Waals surface area contributed by atoms with Gasteiger partial charge in [0, 0.05) is 17.0 Å². The van der Waals surface area contributed by atoms with Gasteiger partial charge in [0.1, 0.15) is 22.3 Å². The lowest BCUT2D eigenvalue weighted by Crippen LogP contribution is -2.11. The summed E-state index contributed by atoms with van der Waals surface area (Å²) >= 11 is 7.15. The molecule has 1 N–H and O–H groups in total. The van der Waals surface area contributed by atoms with Crippen LogP contribution in [0.2, 0.25) is 0 Å². The molecule has 3 aromatic rings. The van der Waals surface area contributed by atoms with Gasteiger partial charge in [-0.05, 0) is 24.6 Å². The predicted molar refractivity (Wildman–Crippen MR) is 79.9 cm³/mol. The van der Waals surface area contributed by atoms with Crippen molar-refractivity contribution < 1.29 is 8.78 Å². The molecule has 2 aromatic heterocycles. The highest BCUT2D eigenvalue weighted by Gasteiger charge is 2.15. The van der Waals surface area contributed by atoms with Crippen LogP contribution in [0.1, 0.15) is 18.1 Å². The number of fused-ring (bicyclic) bond motifs is 1. The molecule has 21 heavy (non-hydrogen) atoms. The van der Waals surface area contributed by atoms with E-state index in [9.17, 15) is 13.6 Å². The third-order valence-corrected chi connectivity index (χ3v) is 4.09. The molecule has 1 aromatic carbocycles. The zero-order chi connectivity index (χ0) is 15.1. The van der Waals surface area contributed by atoms with Crippen molar-refractivity contribution in [2.24, 2.45) is 0 Å². The monoisotopic (exact) mass is 326 g/mol. The summed E-state index contributed by atoms with van der Waals surface area (Å²) in [6.45, 7) is 1.70. The van der Waals surface area contributed by atoms with Crippen LogP contribution in [0.5, 0.6) is 0 Å². The van der Waals surface area contributed by atoms with E-state index in [0.29, 0.717) is 27.2 Å². The average Bonchev–Trinajstić information content (AvgIpc) is 2.81. The second-order valence-corrected chi connectivity index (χ2v) is 6.07. The van der Waals surface area contributed by atoms with E-state index in [-0.39, 0.29) is 5.56 Å². The van der Waals surface area contributed by atoms with Crippen LogP contribution in [-0.2, 0) is 0 Å². The number of hydrogen-bond donors (Lipinski definition) is 1. The molecular formula is C14H9ClF2N2OS. The van der Waals surface area contributed by atoms with Crippen LogP contribution in [0.25, 0.3) is 21.3 Å². The van der Waals surface area contributed by atoms with Gasteiger partial charge >= 0.3 is 0 Å². The van der Waals surface area contributed by atoms with Gasteiger partial charge in [0.15, 0.2) is 0 Å². The summed E-state index contributed by atoms with van der Waals surface area (Å²) in [4.78, 5) is 19.5. The molecule has 0 aliphatic rings. The Hall–Kier alpha value is -1.79. The SMILES string of the molecule is CC(Cl)c1nc2scc(-c3cc(F)cc(F)c3)c2c(=O)[nH]1. The van der Waals surface area contributed by atoms with E-state index < -0.39 is 17.0 Å². The molecular weight excluding hydrogens is 318 g/mol. The Morgan fingerprint density at radius 1 is 1.29 bits per heavy atom. The topological polar surface area (TPSA) is 45.8 Å². The van der Waals surface area contributed by atoms with Crippen molar-refractivity contribution in [3.63, 3.8) is 0 Å². The van der Waals surface area contributed by atoms with Crippen LogP contribution in [-0.4, -0.2) is 9.97 Å². The molecule has 3 rings (SSSR count). The van der Waals surface area contributed by atoms with Crippen molar-refractivity contribution in [2.75, 3.05) is 0 Å². The normalized spacial score (nSPS) is 12.8. The van der Waals surface area contributed by atoms with Gasteiger partial charge in [-0.1, -0.05) is 0 Å². The lowest BCUT2D eigenvalue weighted by Gasteiger charge is -2.03. The minimum Gasteiger partial charge on any atom is -0.309 e. The third kappa shape index (κ3) is 2.56. The summed E-state index contributed by atoms with van der Waals surface area (Å²) < 4.78 is 26.7. The van der Waals surface area contributed by atoms with Gasteiger partial charge in [-0.15, -0.1) is 22.9 Å². The number of thiophene rings is 1. The minimum absolute atomic E-state index is 0.303. The van der Waals surface area contributed by atoms with Gasteiger partial charge < -0.3 is 4.98 Å². The second-order valence-electron chi connectivity index (χ2n) is 4.55. The lowest BCUT2D eigenvalue weighted by atomic mass is 10.1. The second kappa shape index (κ2) is 5.20. The summed E-state index contributed by atoms with van der Waals surface area (Å²) in [5, 5.41) is 1.54. The lowest BCUT2D eigenvalue weighted by molar-refractivity contribution is 0.584. The van der Waals surface area contributed by atoms with E-state index in [1.54, 1.807) is 12.3 Å². The highest BCUT2D eigenvalue weighted by Crippen LogP contribution is 2.32. The van der Waals surface area contributed by atoms with E-state index in [4.69, 9.17) is 11.6 Å². The molecule has 108 valence electrons. The van der Waals surface area contributed by atoms with E-state index in [0.717, 1.165) is 6.07 Å². The van der Waals surface area contributed by atoms with E-state index in [2.05, 4.69) is 9.97 Å². The fourth-order valence-electron chi connectivity index (χ4n) is 2.08. The van der Waals surface area contributed by atoms with Gasteiger partial charge in [0.2, 0.25) is 0 Å². The maximum Gasteiger partial charge on any atom is 0.260 e. The predicted octanol–water partition coefficient (Wildman–Crippen LogP) is 4.23. The van der Waals surface area contributed by atoms with Crippen molar-refractivity contribution in [1.29, 1.82) is 0 Å². The van der Waals surface area contributed by atoms with E-state index >= 15 is 0 Å². The van der Waals surface area contributed by atoms with Crippen LogP contribution in [0.4, 0.5) is 8.78 Å². The van der Waals surface area contributed by atoms with E-state index in [1.165, 1.54) is 23.5 Å². The average molecular weight is 327 g/mol. The Labute approximate surface area is 127 Å². The molecule has 0 spiro atoms.